The minimum Gasteiger partial charge on any atom is -0.390 e. The summed E-state index contributed by atoms with van der Waals surface area (Å²) in [4.78, 5) is 10.8. The van der Waals surface area contributed by atoms with Crippen molar-refractivity contribution >= 4 is 16.9 Å². The molecule has 106 valence electrons. The number of hydrogen-bond acceptors (Lipinski definition) is 5. The molecule has 0 saturated carbocycles. The van der Waals surface area contributed by atoms with Crippen LogP contribution in [0.15, 0.2) is 24.3 Å². The zero-order valence-corrected chi connectivity index (χ0v) is 12.1. The van der Waals surface area contributed by atoms with Gasteiger partial charge in [0, 0.05) is 19.2 Å². The molecule has 0 saturated heterocycles. The Balaban J connectivity index is 2.57. The van der Waals surface area contributed by atoms with E-state index in [1.54, 1.807) is 6.07 Å². The largest absolute Gasteiger partial charge is 0.390 e. The molecule has 3 N–H and O–H groups in total. The molecule has 0 aliphatic heterocycles. The first-order valence-electron chi connectivity index (χ1n) is 6.27. The average molecular weight is 283 g/mol. The molecule has 2 unspecified atom stereocenters. The SMILES string of the molecule is CNCc1cccc(C(O)C(O)CCSC(C)=O)c1. The fourth-order valence-corrected chi connectivity index (χ4v) is 2.44. The van der Waals surface area contributed by atoms with Crippen LogP contribution in [0.4, 0.5) is 0 Å². The quantitative estimate of drug-likeness (QED) is 0.707. The van der Waals surface area contributed by atoms with E-state index in [4.69, 9.17) is 0 Å². The average Bonchev–Trinajstić information content (AvgIpc) is 2.38. The Kier molecular flexibility index (Phi) is 7.09. The maximum Gasteiger partial charge on any atom is 0.185 e. The molecule has 5 heteroatoms. The first-order valence-corrected chi connectivity index (χ1v) is 7.26. The van der Waals surface area contributed by atoms with Gasteiger partial charge >= 0.3 is 0 Å². The van der Waals surface area contributed by atoms with Crippen molar-refractivity contribution in [1.82, 2.24) is 5.32 Å². The molecule has 0 aliphatic carbocycles. The lowest BCUT2D eigenvalue weighted by Crippen LogP contribution is -2.19. The van der Waals surface area contributed by atoms with Crippen molar-refractivity contribution in [2.45, 2.75) is 32.1 Å². The van der Waals surface area contributed by atoms with Gasteiger partial charge in [0.15, 0.2) is 5.12 Å². The second kappa shape index (κ2) is 8.32. The topological polar surface area (TPSA) is 69.6 Å². The van der Waals surface area contributed by atoms with Crippen LogP contribution in [-0.4, -0.2) is 34.2 Å². The van der Waals surface area contributed by atoms with Gasteiger partial charge in [-0.1, -0.05) is 36.0 Å². The van der Waals surface area contributed by atoms with E-state index in [9.17, 15) is 15.0 Å². The zero-order chi connectivity index (χ0) is 14.3. The lowest BCUT2D eigenvalue weighted by molar-refractivity contribution is -0.109. The van der Waals surface area contributed by atoms with E-state index in [1.165, 1.54) is 6.92 Å². The normalized spacial score (nSPS) is 14.1. The van der Waals surface area contributed by atoms with E-state index in [0.29, 0.717) is 17.7 Å². The number of rotatable bonds is 7. The van der Waals surface area contributed by atoms with Gasteiger partial charge in [0.25, 0.3) is 0 Å². The van der Waals surface area contributed by atoms with Crippen LogP contribution in [0.2, 0.25) is 0 Å². The molecule has 0 amide bonds. The fourth-order valence-electron chi connectivity index (χ4n) is 1.79. The van der Waals surface area contributed by atoms with Crippen LogP contribution in [-0.2, 0) is 11.3 Å². The van der Waals surface area contributed by atoms with Crippen LogP contribution in [0.5, 0.6) is 0 Å². The van der Waals surface area contributed by atoms with Crippen molar-refractivity contribution in [2.75, 3.05) is 12.8 Å². The van der Waals surface area contributed by atoms with Gasteiger partial charge in [-0.3, -0.25) is 4.79 Å². The molecule has 0 spiro atoms. The van der Waals surface area contributed by atoms with Gasteiger partial charge in [-0.2, -0.15) is 0 Å². The molecule has 0 fully saturated rings. The molecule has 0 bridgehead atoms. The van der Waals surface area contributed by atoms with Gasteiger partial charge in [0.2, 0.25) is 0 Å². The summed E-state index contributed by atoms with van der Waals surface area (Å²) < 4.78 is 0. The third kappa shape index (κ3) is 5.74. The molecule has 0 radical (unpaired) electrons. The molecule has 19 heavy (non-hydrogen) atoms. The van der Waals surface area contributed by atoms with E-state index < -0.39 is 12.2 Å². The second-order valence-electron chi connectivity index (χ2n) is 4.42. The van der Waals surface area contributed by atoms with Crippen molar-refractivity contribution in [1.29, 1.82) is 0 Å². The molecule has 0 aromatic heterocycles. The third-order valence-electron chi connectivity index (χ3n) is 2.76. The summed E-state index contributed by atoms with van der Waals surface area (Å²) in [6.45, 7) is 2.21. The molecular formula is C14H21NO3S. The highest BCUT2D eigenvalue weighted by molar-refractivity contribution is 8.13. The Morgan fingerprint density at radius 1 is 1.42 bits per heavy atom. The number of benzene rings is 1. The molecule has 4 nitrogen and oxygen atoms in total. The number of nitrogens with one attached hydrogen (secondary N) is 1. The van der Waals surface area contributed by atoms with Gasteiger partial charge < -0.3 is 15.5 Å². The van der Waals surface area contributed by atoms with E-state index in [2.05, 4.69) is 5.32 Å². The Hall–Kier alpha value is -0.880. The van der Waals surface area contributed by atoms with Gasteiger partial charge in [0.05, 0.1) is 6.10 Å². The van der Waals surface area contributed by atoms with Gasteiger partial charge in [0.1, 0.15) is 6.10 Å². The molecule has 0 aliphatic rings. The minimum absolute atomic E-state index is 0.0257. The highest BCUT2D eigenvalue weighted by atomic mass is 32.2. The number of aliphatic hydroxyl groups is 2. The molecule has 2 atom stereocenters. The Morgan fingerprint density at radius 3 is 2.79 bits per heavy atom. The minimum atomic E-state index is -0.913. The molecule has 1 aromatic carbocycles. The molecule has 1 rings (SSSR count). The van der Waals surface area contributed by atoms with E-state index in [-0.39, 0.29) is 5.12 Å². The predicted molar refractivity (Wildman–Crippen MR) is 77.9 cm³/mol. The summed E-state index contributed by atoms with van der Waals surface area (Å²) in [7, 11) is 1.86. The van der Waals surface area contributed by atoms with Crippen LogP contribution >= 0.6 is 11.8 Å². The number of aliphatic hydroxyl groups excluding tert-OH is 2. The monoisotopic (exact) mass is 283 g/mol. The molecule has 1 aromatic rings. The fraction of sp³-hybridized carbons (Fsp3) is 0.500. The number of carbonyl (C=O) groups excluding carboxylic acids is 1. The summed E-state index contributed by atoms with van der Waals surface area (Å²) in [5, 5.41) is 23.1. The lowest BCUT2D eigenvalue weighted by Gasteiger charge is -2.18. The van der Waals surface area contributed by atoms with Crippen LogP contribution in [0, 0.1) is 0 Å². The molecule has 0 heterocycles. The maximum absolute atomic E-state index is 10.8. The summed E-state index contributed by atoms with van der Waals surface area (Å²) in [6, 6.07) is 7.50. The van der Waals surface area contributed by atoms with Crippen LogP contribution in [0.1, 0.15) is 30.6 Å². The highest BCUT2D eigenvalue weighted by Crippen LogP contribution is 2.21. The summed E-state index contributed by atoms with van der Waals surface area (Å²) in [5.74, 6) is 0.518. The van der Waals surface area contributed by atoms with E-state index in [1.807, 2.05) is 25.2 Å². The van der Waals surface area contributed by atoms with Gasteiger partial charge in [-0.15, -0.1) is 0 Å². The Morgan fingerprint density at radius 2 is 2.16 bits per heavy atom. The van der Waals surface area contributed by atoms with Crippen molar-refractivity contribution in [3.8, 4) is 0 Å². The van der Waals surface area contributed by atoms with Crippen molar-refractivity contribution in [2.24, 2.45) is 0 Å². The van der Waals surface area contributed by atoms with Crippen LogP contribution in [0.3, 0.4) is 0 Å². The van der Waals surface area contributed by atoms with Crippen molar-refractivity contribution in [3.63, 3.8) is 0 Å². The number of thioether (sulfide) groups is 1. The smallest absolute Gasteiger partial charge is 0.185 e. The zero-order valence-electron chi connectivity index (χ0n) is 11.3. The third-order valence-corrected chi connectivity index (χ3v) is 3.60. The van der Waals surface area contributed by atoms with Crippen molar-refractivity contribution in [3.05, 3.63) is 35.4 Å². The van der Waals surface area contributed by atoms with Crippen molar-refractivity contribution < 1.29 is 15.0 Å². The summed E-state index contributed by atoms with van der Waals surface area (Å²) in [5.41, 5.74) is 1.76. The summed E-state index contributed by atoms with van der Waals surface area (Å²) >= 11 is 1.16. The highest BCUT2D eigenvalue weighted by Gasteiger charge is 2.18. The lowest BCUT2D eigenvalue weighted by atomic mass is 10.0. The van der Waals surface area contributed by atoms with E-state index in [0.717, 1.165) is 23.9 Å². The summed E-state index contributed by atoms with van der Waals surface area (Å²) in [6.07, 6.45) is -1.37. The first kappa shape index (κ1) is 16.2. The first-order chi connectivity index (χ1) is 9.04. The van der Waals surface area contributed by atoms with Crippen LogP contribution < -0.4 is 5.32 Å². The number of hydrogen-bond donors (Lipinski definition) is 3. The van der Waals surface area contributed by atoms with E-state index >= 15 is 0 Å². The molecular weight excluding hydrogens is 262 g/mol. The predicted octanol–water partition coefficient (Wildman–Crippen LogP) is 1.47. The van der Waals surface area contributed by atoms with Gasteiger partial charge in [-0.05, 0) is 24.6 Å². The Bertz CT molecular complexity index is 411. The maximum atomic E-state index is 10.8. The van der Waals surface area contributed by atoms with Gasteiger partial charge in [-0.25, -0.2) is 0 Å². The standard InChI is InChI=1S/C14H21NO3S/c1-10(16)19-7-6-13(17)14(18)12-5-3-4-11(8-12)9-15-2/h3-5,8,13-15,17-18H,6-7,9H2,1-2H3. The number of carbonyl (C=O) groups is 1. The van der Waals surface area contributed by atoms with Crippen LogP contribution in [0.25, 0.3) is 0 Å². The Labute approximate surface area is 118 Å². The second-order valence-corrected chi connectivity index (χ2v) is 5.69.